The average molecular weight is 398 g/mol. The van der Waals surface area contributed by atoms with Crippen LogP contribution in [-0.4, -0.2) is 40.0 Å². The molecule has 4 rings (SSSR count). The maximum Gasteiger partial charge on any atom is 0.222 e. The normalized spacial score (nSPS) is 14.5. The number of rotatable bonds is 4. The highest BCUT2D eigenvalue weighted by molar-refractivity contribution is 5.85. The van der Waals surface area contributed by atoms with Crippen LogP contribution in [0.3, 0.4) is 0 Å². The van der Waals surface area contributed by atoms with Crippen LogP contribution in [-0.2, 0) is 4.79 Å². The Hall–Kier alpha value is -2.66. The Bertz CT molecular complexity index is 938. The second-order valence-corrected chi connectivity index (χ2v) is 6.85. The fourth-order valence-corrected chi connectivity index (χ4v) is 3.47. The molecule has 146 valence electrons. The molecular weight excluding hydrogens is 374 g/mol. The number of amides is 1. The summed E-state index contributed by atoms with van der Waals surface area (Å²) in [6.07, 6.45) is 6.09. The monoisotopic (exact) mass is 397 g/mol. The van der Waals surface area contributed by atoms with Crippen molar-refractivity contribution in [1.82, 2.24) is 14.9 Å². The van der Waals surface area contributed by atoms with Crippen LogP contribution in [0.5, 0.6) is 5.88 Å². The van der Waals surface area contributed by atoms with Crippen LogP contribution in [0.1, 0.15) is 26.2 Å². The molecule has 1 amide bonds. The Morgan fingerprint density at radius 1 is 1.07 bits per heavy atom. The van der Waals surface area contributed by atoms with Crippen LogP contribution in [0.4, 0.5) is 0 Å². The van der Waals surface area contributed by atoms with Crippen LogP contribution >= 0.6 is 12.4 Å². The van der Waals surface area contributed by atoms with E-state index in [9.17, 15) is 4.79 Å². The zero-order chi connectivity index (χ0) is 18.6. The van der Waals surface area contributed by atoms with E-state index in [1.54, 1.807) is 0 Å². The van der Waals surface area contributed by atoms with Gasteiger partial charge >= 0.3 is 0 Å². The summed E-state index contributed by atoms with van der Waals surface area (Å²) in [5.74, 6) is 0.854. The van der Waals surface area contributed by atoms with Crippen LogP contribution in [0.2, 0.25) is 0 Å². The van der Waals surface area contributed by atoms with Crippen molar-refractivity contribution in [3.05, 3.63) is 54.9 Å². The summed E-state index contributed by atoms with van der Waals surface area (Å²) < 4.78 is 6.01. The second-order valence-electron chi connectivity index (χ2n) is 6.85. The van der Waals surface area contributed by atoms with Gasteiger partial charge in [0.05, 0.1) is 5.52 Å². The zero-order valence-corrected chi connectivity index (χ0v) is 16.7. The van der Waals surface area contributed by atoms with Crippen molar-refractivity contribution in [2.75, 3.05) is 13.1 Å². The third-order valence-corrected chi connectivity index (χ3v) is 5.04. The van der Waals surface area contributed by atoms with Gasteiger partial charge in [-0.2, -0.15) is 0 Å². The van der Waals surface area contributed by atoms with E-state index in [1.807, 2.05) is 54.5 Å². The topological polar surface area (TPSA) is 55.3 Å². The largest absolute Gasteiger partial charge is 0.474 e. The van der Waals surface area contributed by atoms with Crippen LogP contribution in [0, 0.1) is 0 Å². The molecular formula is C22H24ClN3O2. The van der Waals surface area contributed by atoms with Gasteiger partial charge in [0.1, 0.15) is 6.10 Å². The molecule has 3 aromatic rings. The summed E-state index contributed by atoms with van der Waals surface area (Å²) in [4.78, 5) is 22.7. The van der Waals surface area contributed by atoms with Gasteiger partial charge in [-0.25, -0.2) is 4.98 Å². The number of hydrogen-bond acceptors (Lipinski definition) is 4. The maximum atomic E-state index is 11.8. The fraction of sp³-hybridized carbons (Fsp3) is 0.318. The van der Waals surface area contributed by atoms with Gasteiger partial charge in [0, 0.05) is 67.3 Å². The molecule has 0 saturated carbocycles. The van der Waals surface area contributed by atoms with Crippen molar-refractivity contribution < 1.29 is 9.53 Å². The fourth-order valence-electron chi connectivity index (χ4n) is 3.47. The first-order chi connectivity index (χ1) is 13.2. The number of nitrogens with zero attached hydrogens (tertiary/aromatic N) is 3. The molecule has 1 fully saturated rings. The lowest BCUT2D eigenvalue weighted by atomic mass is 10.1. The van der Waals surface area contributed by atoms with Gasteiger partial charge in [0.25, 0.3) is 0 Å². The SMILES string of the molecule is CCC(=O)N1CCC(Oc2ccc(-c3cnc4ccccc4c3)cn2)CC1.Cl. The number of halogens is 1. The number of hydrogen-bond donors (Lipinski definition) is 0. The minimum atomic E-state index is 0. The van der Waals surface area contributed by atoms with Crippen LogP contribution < -0.4 is 4.74 Å². The molecule has 2 aromatic heterocycles. The first-order valence-electron chi connectivity index (χ1n) is 9.48. The van der Waals surface area contributed by atoms with Crippen molar-refractivity contribution in [1.29, 1.82) is 0 Å². The quantitative estimate of drug-likeness (QED) is 0.650. The van der Waals surface area contributed by atoms with E-state index in [-0.39, 0.29) is 24.4 Å². The number of para-hydroxylation sites is 1. The van der Waals surface area contributed by atoms with Crippen LogP contribution in [0.15, 0.2) is 54.9 Å². The summed E-state index contributed by atoms with van der Waals surface area (Å²) in [5, 5.41) is 1.11. The Balaban J connectivity index is 0.00000225. The number of carbonyl (C=O) groups excluding carboxylic acids is 1. The molecule has 1 aliphatic rings. The van der Waals surface area contributed by atoms with E-state index in [0.29, 0.717) is 12.3 Å². The number of carbonyl (C=O) groups is 1. The summed E-state index contributed by atoms with van der Waals surface area (Å²) in [6, 6.07) is 14.1. The number of likely N-dealkylation sites (tertiary alicyclic amines) is 1. The molecule has 1 aliphatic heterocycles. The van der Waals surface area contributed by atoms with Crippen molar-refractivity contribution in [2.24, 2.45) is 0 Å². The standard InChI is InChI=1S/C22H23N3O2.ClH/c1-2-22(26)25-11-9-19(10-12-25)27-21-8-7-17(14-24-21)18-13-16-5-3-4-6-20(16)23-15-18;/h3-8,13-15,19H,2,9-12H2,1H3;1H. The maximum absolute atomic E-state index is 11.8. The van der Waals surface area contributed by atoms with Gasteiger partial charge in [-0.15, -0.1) is 12.4 Å². The first kappa shape index (κ1) is 20.1. The molecule has 0 N–H and O–H groups in total. The van der Waals surface area contributed by atoms with Gasteiger partial charge in [-0.05, 0) is 18.2 Å². The van der Waals surface area contributed by atoms with E-state index in [4.69, 9.17) is 4.74 Å². The summed E-state index contributed by atoms with van der Waals surface area (Å²) in [6.45, 7) is 3.43. The van der Waals surface area contributed by atoms with Crippen molar-refractivity contribution in [3.63, 3.8) is 0 Å². The molecule has 0 unspecified atom stereocenters. The highest BCUT2D eigenvalue weighted by Gasteiger charge is 2.23. The number of benzene rings is 1. The predicted molar refractivity (Wildman–Crippen MR) is 113 cm³/mol. The highest BCUT2D eigenvalue weighted by Crippen LogP contribution is 2.24. The highest BCUT2D eigenvalue weighted by atomic mass is 35.5. The molecule has 5 nitrogen and oxygen atoms in total. The number of ether oxygens (including phenoxy) is 1. The number of aromatic nitrogens is 2. The molecule has 28 heavy (non-hydrogen) atoms. The van der Waals surface area contributed by atoms with Crippen molar-refractivity contribution >= 4 is 29.2 Å². The molecule has 1 aromatic carbocycles. The molecule has 0 aliphatic carbocycles. The molecule has 3 heterocycles. The second kappa shape index (κ2) is 9.02. The lowest BCUT2D eigenvalue weighted by molar-refractivity contribution is -0.132. The molecule has 1 saturated heterocycles. The van der Waals surface area contributed by atoms with Gasteiger partial charge in [0.15, 0.2) is 0 Å². The van der Waals surface area contributed by atoms with Gasteiger partial charge in [-0.3, -0.25) is 9.78 Å². The third-order valence-electron chi connectivity index (χ3n) is 5.04. The van der Waals surface area contributed by atoms with E-state index >= 15 is 0 Å². The Morgan fingerprint density at radius 2 is 1.82 bits per heavy atom. The smallest absolute Gasteiger partial charge is 0.222 e. The van der Waals surface area contributed by atoms with Crippen molar-refractivity contribution in [3.8, 4) is 17.0 Å². The molecule has 0 spiro atoms. The zero-order valence-electron chi connectivity index (χ0n) is 15.9. The van der Waals surface area contributed by atoms with Gasteiger partial charge in [-0.1, -0.05) is 25.1 Å². The van der Waals surface area contributed by atoms with E-state index in [0.717, 1.165) is 48.0 Å². The van der Waals surface area contributed by atoms with Crippen molar-refractivity contribution in [2.45, 2.75) is 32.3 Å². The number of piperidine rings is 1. The Labute approximate surface area is 171 Å². The summed E-state index contributed by atoms with van der Waals surface area (Å²) >= 11 is 0. The summed E-state index contributed by atoms with van der Waals surface area (Å²) in [5.41, 5.74) is 3.05. The lowest BCUT2D eigenvalue weighted by Gasteiger charge is -2.31. The Morgan fingerprint density at radius 3 is 2.54 bits per heavy atom. The number of fused-ring (bicyclic) bond motifs is 1. The Kier molecular flexibility index (Phi) is 6.47. The third kappa shape index (κ3) is 4.42. The minimum Gasteiger partial charge on any atom is -0.474 e. The molecule has 6 heteroatoms. The molecule has 0 radical (unpaired) electrons. The van der Waals surface area contributed by atoms with E-state index < -0.39 is 0 Å². The minimum absolute atomic E-state index is 0. The van der Waals surface area contributed by atoms with Gasteiger partial charge < -0.3 is 9.64 Å². The lowest BCUT2D eigenvalue weighted by Crippen LogP contribution is -2.41. The predicted octanol–water partition coefficient (Wildman–Crippen LogP) is 4.50. The first-order valence-corrected chi connectivity index (χ1v) is 9.48. The van der Waals surface area contributed by atoms with E-state index in [1.165, 1.54) is 0 Å². The summed E-state index contributed by atoms with van der Waals surface area (Å²) in [7, 11) is 0. The molecule has 0 atom stereocenters. The van der Waals surface area contributed by atoms with Gasteiger partial charge in [0.2, 0.25) is 11.8 Å². The van der Waals surface area contributed by atoms with E-state index in [2.05, 4.69) is 22.1 Å². The van der Waals surface area contributed by atoms with Crippen LogP contribution in [0.25, 0.3) is 22.0 Å². The average Bonchev–Trinajstić information content (AvgIpc) is 2.74. The number of pyridine rings is 2. The molecule has 0 bridgehead atoms.